The lowest BCUT2D eigenvalue weighted by Crippen LogP contribution is -2.48. The summed E-state index contributed by atoms with van der Waals surface area (Å²) >= 11 is 3.45. The van der Waals surface area contributed by atoms with E-state index in [0.717, 1.165) is 47.7 Å². The van der Waals surface area contributed by atoms with Crippen LogP contribution in [0.3, 0.4) is 0 Å². The lowest BCUT2D eigenvalue weighted by molar-refractivity contribution is 0.187. The van der Waals surface area contributed by atoms with Crippen molar-refractivity contribution in [3.63, 3.8) is 0 Å². The van der Waals surface area contributed by atoms with Crippen molar-refractivity contribution >= 4 is 15.9 Å². The molecule has 1 saturated heterocycles. The summed E-state index contributed by atoms with van der Waals surface area (Å²) in [5.74, 6) is 1.98. The molecule has 4 heteroatoms. The highest BCUT2D eigenvalue weighted by Crippen LogP contribution is 2.24. The Labute approximate surface area is 128 Å². The first-order valence-corrected chi connectivity index (χ1v) is 7.80. The van der Waals surface area contributed by atoms with E-state index >= 15 is 0 Å². The minimum absolute atomic E-state index is 0.560. The van der Waals surface area contributed by atoms with Gasteiger partial charge in [-0.25, -0.2) is 0 Å². The summed E-state index contributed by atoms with van der Waals surface area (Å²) in [5.41, 5.74) is 1.12. The van der Waals surface area contributed by atoms with E-state index in [4.69, 9.17) is 4.42 Å². The molecule has 1 aliphatic rings. The van der Waals surface area contributed by atoms with Crippen LogP contribution in [0.15, 0.2) is 45.3 Å². The lowest BCUT2D eigenvalue weighted by atomic mass is 10.2. The van der Waals surface area contributed by atoms with Crippen molar-refractivity contribution in [2.45, 2.75) is 19.5 Å². The second-order valence-electron chi connectivity index (χ2n) is 5.36. The van der Waals surface area contributed by atoms with Gasteiger partial charge in [-0.2, -0.15) is 0 Å². The number of halogens is 1. The average molecular weight is 335 g/mol. The van der Waals surface area contributed by atoms with Gasteiger partial charge in [-0.1, -0.05) is 28.1 Å². The second kappa shape index (κ2) is 6.12. The molecular weight excluding hydrogens is 316 g/mol. The summed E-state index contributed by atoms with van der Waals surface area (Å²) in [5, 5.41) is 3.46. The third-order valence-electron chi connectivity index (χ3n) is 3.62. The fraction of sp³-hybridized carbons (Fsp3) is 0.375. The van der Waals surface area contributed by atoms with Crippen LogP contribution in [0.25, 0.3) is 11.3 Å². The monoisotopic (exact) mass is 334 g/mol. The van der Waals surface area contributed by atoms with Crippen LogP contribution in [0.1, 0.15) is 12.7 Å². The fourth-order valence-corrected chi connectivity index (χ4v) is 2.87. The largest absolute Gasteiger partial charge is 0.460 e. The predicted molar refractivity (Wildman–Crippen MR) is 84.6 cm³/mol. The molecule has 1 N–H and O–H groups in total. The summed E-state index contributed by atoms with van der Waals surface area (Å²) in [7, 11) is 0. The summed E-state index contributed by atoms with van der Waals surface area (Å²) in [4.78, 5) is 2.44. The zero-order valence-corrected chi connectivity index (χ0v) is 13.2. The number of piperazine rings is 1. The Hall–Kier alpha value is -1.10. The average Bonchev–Trinajstić information content (AvgIpc) is 2.88. The van der Waals surface area contributed by atoms with E-state index in [-0.39, 0.29) is 0 Å². The number of nitrogens with zero attached hydrogens (tertiary/aromatic N) is 1. The highest BCUT2D eigenvalue weighted by atomic mass is 79.9. The predicted octanol–water partition coefficient (Wildman–Crippen LogP) is 3.50. The topological polar surface area (TPSA) is 28.4 Å². The van der Waals surface area contributed by atoms with Crippen molar-refractivity contribution < 1.29 is 4.42 Å². The summed E-state index contributed by atoms with van der Waals surface area (Å²) in [6.07, 6.45) is 0. The number of hydrogen-bond acceptors (Lipinski definition) is 3. The van der Waals surface area contributed by atoms with Gasteiger partial charge in [0.05, 0.1) is 6.54 Å². The molecule has 2 heterocycles. The summed E-state index contributed by atoms with van der Waals surface area (Å²) in [6.45, 7) is 6.33. The van der Waals surface area contributed by atoms with Gasteiger partial charge in [0.2, 0.25) is 0 Å². The van der Waals surface area contributed by atoms with Gasteiger partial charge in [-0.15, -0.1) is 0 Å². The van der Waals surface area contributed by atoms with Gasteiger partial charge in [-0.3, -0.25) is 4.90 Å². The number of nitrogens with one attached hydrogen (secondary N) is 1. The molecule has 1 fully saturated rings. The van der Waals surface area contributed by atoms with Crippen LogP contribution < -0.4 is 5.32 Å². The number of hydrogen-bond donors (Lipinski definition) is 1. The molecule has 20 heavy (non-hydrogen) atoms. The first kappa shape index (κ1) is 13.9. The van der Waals surface area contributed by atoms with Gasteiger partial charge in [0.1, 0.15) is 11.5 Å². The molecule has 2 aromatic rings. The molecule has 0 aliphatic carbocycles. The molecule has 106 valence electrons. The molecule has 0 saturated carbocycles. The Morgan fingerprint density at radius 2 is 2.05 bits per heavy atom. The fourth-order valence-electron chi connectivity index (χ4n) is 2.61. The molecule has 1 atom stereocenters. The smallest absolute Gasteiger partial charge is 0.134 e. The van der Waals surface area contributed by atoms with E-state index in [1.807, 2.05) is 12.1 Å². The maximum atomic E-state index is 5.97. The Kier molecular flexibility index (Phi) is 4.24. The molecule has 0 amide bonds. The zero-order chi connectivity index (χ0) is 13.9. The van der Waals surface area contributed by atoms with Crippen molar-refractivity contribution in [3.8, 4) is 11.3 Å². The Balaban J connectivity index is 1.69. The minimum atomic E-state index is 0.560. The van der Waals surface area contributed by atoms with Gasteiger partial charge >= 0.3 is 0 Å². The van der Waals surface area contributed by atoms with E-state index in [9.17, 15) is 0 Å². The third kappa shape index (κ3) is 3.32. The van der Waals surface area contributed by atoms with Crippen LogP contribution in [0, 0.1) is 0 Å². The summed E-state index contributed by atoms with van der Waals surface area (Å²) in [6, 6.07) is 12.9. The first-order valence-electron chi connectivity index (χ1n) is 7.01. The van der Waals surface area contributed by atoms with Gasteiger partial charge in [0.15, 0.2) is 0 Å². The molecular formula is C16H19BrN2O. The SMILES string of the molecule is C[C@@H]1CN(Cc2ccc(-c3ccc(Br)cc3)o2)CCN1. The van der Waals surface area contributed by atoms with E-state index < -0.39 is 0 Å². The Bertz CT molecular complexity index is 564. The maximum Gasteiger partial charge on any atom is 0.134 e. The minimum Gasteiger partial charge on any atom is -0.460 e. The van der Waals surface area contributed by atoms with E-state index in [1.54, 1.807) is 0 Å². The second-order valence-corrected chi connectivity index (χ2v) is 6.28. The first-order chi connectivity index (χ1) is 9.70. The Morgan fingerprint density at radius 1 is 1.25 bits per heavy atom. The molecule has 0 bridgehead atoms. The van der Waals surface area contributed by atoms with Gasteiger partial charge < -0.3 is 9.73 Å². The van der Waals surface area contributed by atoms with Gasteiger partial charge in [0.25, 0.3) is 0 Å². The maximum absolute atomic E-state index is 5.97. The van der Waals surface area contributed by atoms with Crippen LogP contribution in [0.4, 0.5) is 0 Å². The zero-order valence-electron chi connectivity index (χ0n) is 11.6. The van der Waals surface area contributed by atoms with E-state index in [1.165, 1.54) is 0 Å². The van der Waals surface area contributed by atoms with Crippen molar-refractivity contribution in [1.82, 2.24) is 10.2 Å². The Morgan fingerprint density at radius 3 is 2.80 bits per heavy atom. The van der Waals surface area contributed by atoms with Crippen LogP contribution in [-0.4, -0.2) is 30.6 Å². The van der Waals surface area contributed by atoms with Crippen molar-refractivity contribution in [2.24, 2.45) is 0 Å². The third-order valence-corrected chi connectivity index (χ3v) is 4.15. The number of furan rings is 1. The number of benzene rings is 1. The van der Waals surface area contributed by atoms with Crippen molar-refractivity contribution in [3.05, 3.63) is 46.6 Å². The van der Waals surface area contributed by atoms with Crippen LogP contribution in [-0.2, 0) is 6.54 Å². The van der Waals surface area contributed by atoms with Crippen LogP contribution in [0.2, 0.25) is 0 Å². The highest BCUT2D eigenvalue weighted by Gasteiger charge is 2.17. The van der Waals surface area contributed by atoms with Crippen molar-refractivity contribution in [2.75, 3.05) is 19.6 Å². The molecule has 0 unspecified atom stereocenters. The van der Waals surface area contributed by atoms with Crippen LogP contribution >= 0.6 is 15.9 Å². The molecule has 1 aromatic heterocycles. The number of rotatable bonds is 3. The standard InChI is InChI=1S/C16H19BrN2O/c1-12-10-19(9-8-18-12)11-15-6-7-16(20-15)13-2-4-14(17)5-3-13/h2-7,12,18H,8-11H2,1H3/t12-/m1/s1. The lowest BCUT2D eigenvalue weighted by Gasteiger charge is -2.31. The molecule has 0 radical (unpaired) electrons. The van der Waals surface area contributed by atoms with Crippen molar-refractivity contribution in [1.29, 1.82) is 0 Å². The molecule has 1 aliphatic heterocycles. The highest BCUT2D eigenvalue weighted by molar-refractivity contribution is 9.10. The molecule has 3 rings (SSSR count). The quantitative estimate of drug-likeness (QED) is 0.931. The van der Waals surface area contributed by atoms with Crippen LogP contribution in [0.5, 0.6) is 0 Å². The van der Waals surface area contributed by atoms with Gasteiger partial charge in [0, 0.05) is 35.7 Å². The molecule has 1 aromatic carbocycles. The molecule has 3 nitrogen and oxygen atoms in total. The van der Waals surface area contributed by atoms with Gasteiger partial charge in [-0.05, 0) is 31.2 Å². The van der Waals surface area contributed by atoms with E-state index in [2.05, 4.69) is 57.3 Å². The summed E-state index contributed by atoms with van der Waals surface area (Å²) < 4.78 is 7.06. The van der Waals surface area contributed by atoms with E-state index in [0.29, 0.717) is 6.04 Å². The molecule has 0 spiro atoms. The normalized spacial score (nSPS) is 20.2.